The molecule has 3 atom stereocenters. The summed E-state index contributed by atoms with van der Waals surface area (Å²) in [5.74, 6) is 0.0879. The molecule has 0 aromatic carbocycles. The fourth-order valence-electron chi connectivity index (χ4n) is 1.92. The van der Waals surface area contributed by atoms with Crippen molar-refractivity contribution in [2.45, 2.75) is 31.5 Å². The monoisotopic (exact) mass is 213 g/mol. The molecule has 5 nitrogen and oxygen atoms in total. The summed E-state index contributed by atoms with van der Waals surface area (Å²) in [7, 11) is 0. The second-order valence-electron chi connectivity index (χ2n) is 4.34. The molecule has 2 aliphatic rings. The largest absolute Gasteiger partial charge is 0.379 e. The van der Waals surface area contributed by atoms with Crippen molar-refractivity contribution < 1.29 is 9.53 Å². The van der Waals surface area contributed by atoms with Gasteiger partial charge in [0, 0.05) is 25.7 Å². The van der Waals surface area contributed by atoms with Crippen LogP contribution in [-0.4, -0.2) is 50.3 Å². The number of carbonyl (C=O) groups is 1. The summed E-state index contributed by atoms with van der Waals surface area (Å²) in [6, 6.07) is 0.560. The number of ether oxygens (including phenoxy) is 1. The summed E-state index contributed by atoms with van der Waals surface area (Å²) < 4.78 is 5.21. The van der Waals surface area contributed by atoms with E-state index >= 15 is 0 Å². The van der Waals surface area contributed by atoms with Crippen molar-refractivity contribution in [3.63, 3.8) is 0 Å². The normalized spacial score (nSPS) is 36.5. The minimum Gasteiger partial charge on any atom is -0.379 e. The van der Waals surface area contributed by atoms with Crippen LogP contribution in [0.4, 0.5) is 0 Å². The van der Waals surface area contributed by atoms with E-state index < -0.39 is 0 Å². The van der Waals surface area contributed by atoms with Crippen LogP contribution in [0.25, 0.3) is 0 Å². The molecule has 2 rings (SSSR count). The molecule has 0 aromatic heterocycles. The molecule has 3 unspecified atom stereocenters. The zero-order chi connectivity index (χ0) is 10.7. The van der Waals surface area contributed by atoms with E-state index in [2.05, 4.69) is 22.9 Å². The van der Waals surface area contributed by atoms with Crippen LogP contribution in [0.2, 0.25) is 0 Å². The second kappa shape index (κ2) is 4.92. The smallest absolute Gasteiger partial charge is 0.238 e. The highest BCUT2D eigenvalue weighted by Gasteiger charge is 2.26. The lowest BCUT2D eigenvalue weighted by molar-refractivity contribution is -0.124. The van der Waals surface area contributed by atoms with Gasteiger partial charge in [-0.2, -0.15) is 0 Å². The number of hydrogen-bond acceptors (Lipinski definition) is 4. The lowest BCUT2D eigenvalue weighted by atomic mass is 10.1. The van der Waals surface area contributed by atoms with Crippen LogP contribution in [0.3, 0.4) is 0 Å². The zero-order valence-electron chi connectivity index (χ0n) is 9.08. The molecule has 5 heteroatoms. The number of rotatable bonds is 2. The summed E-state index contributed by atoms with van der Waals surface area (Å²) in [5.41, 5.74) is 0. The minimum absolute atomic E-state index is 0.0879. The van der Waals surface area contributed by atoms with Crippen molar-refractivity contribution >= 4 is 5.91 Å². The molecule has 15 heavy (non-hydrogen) atoms. The molecule has 2 saturated heterocycles. The fourth-order valence-corrected chi connectivity index (χ4v) is 1.92. The Kier molecular flexibility index (Phi) is 3.56. The molecule has 2 fully saturated rings. The first-order chi connectivity index (χ1) is 7.25. The lowest BCUT2D eigenvalue weighted by Crippen LogP contribution is -2.59. The van der Waals surface area contributed by atoms with Gasteiger partial charge in [-0.25, -0.2) is 0 Å². The van der Waals surface area contributed by atoms with Gasteiger partial charge in [0.25, 0.3) is 0 Å². The minimum atomic E-state index is -0.0956. The Balaban J connectivity index is 1.75. The molecule has 0 spiro atoms. The quantitative estimate of drug-likeness (QED) is 0.541. The van der Waals surface area contributed by atoms with Gasteiger partial charge in [-0.3, -0.25) is 4.79 Å². The Labute approximate surface area is 89.9 Å². The van der Waals surface area contributed by atoms with Crippen molar-refractivity contribution in [1.29, 1.82) is 0 Å². The van der Waals surface area contributed by atoms with E-state index in [0.717, 1.165) is 19.6 Å². The van der Waals surface area contributed by atoms with Gasteiger partial charge >= 0.3 is 0 Å². The predicted octanol–water partition coefficient (Wildman–Crippen LogP) is -1.16. The summed E-state index contributed by atoms with van der Waals surface area (Å²) in [6.07, 6.45) is 0.933. The summed E-state index contributed by atoms with van der Waals surface area (Å²) in [6.45, 7) is 5.08. The van der Waals surface area contributed by atoms with Gasteiger partial charge in [0.1, 0.15) is 0 Å². The van der Waals surface area contributed by atoms with Gasteiger partial charge in [0.2, 0.25) is 5.91 Å². The molecule has 86 valence electrons. The Morgan fingerprint density at radius 1 is 1.40 bits per heavy atom. The Morgan fingerprint density at radius 2 is 2.27 bits per heavy atom. The van der Waals surface area contributed by atoms with Crippen LogP contribution in [0.15, 0.2) is 0 Å². The molecule has 0 aromatic rings. The summed E-state index contributed by atoms with van der Waals surface area (Å²) in [5, 5.41) is 9.51. The molecule has 2 heterocycles. The average Bonchev–Trinajstić information content (AvgIpc) is 2.71. The highest BCUT2D eigenvalue weighted by atomic mass is 16.5. The molecular weight excluding hydrogens is 194 g/mol. The van der Waals surface area contributed by atoms with E-state index in [1.807, 2.05) is 0 Å². The molecular formula is C10H19N3O2. The third kappa shape index (κ3) is 2.90. The van der Waals surface area contributed by atoms with Crippen molar-refractivity contribution in [2.75, 3.05) is 26.3 Å². The van der Waals surface area contributed by atoms with Crippen LogP contribution in [-0.2, 0) is 9.53 Å². The molecule has 0 saturated carbocycles. The molecule has 1 amide bonds. The van der Waals surface area contributed by atoms with Crippen LogP contribution >= 0.6 is 0 Å². The lowest BCUT2D eigenvalue weighted by Gasteiger charge is -2.29. The van der Waals surface area contributed by atoms with Crippen LogP contribution in [0, 0.1) is 0 Å². The van der Waals surface area contributed by atoms with E-state index in [4.69, 9.17) is 4.74 Å². The van der Waals surface area contributed by atoms with Crippen molar-refractivity contribution in [1.82, 2.24) is 16.0 Å². The first kappa shape index (κ1) is 10.9. The highest BCUT2D eigenvalue weighted by molar-refractivity contribution is 5.82. The Hall–Kier alpha value is -0.650. The Bertz CT molecular complexity index is 221. The molecule has 0 aliphatic carbocycles. The molecule has 0 bridgehead atoms. The first-order valence-corrected chi connectivity index (χ1v) is 5.60. The number of carbonyl (C=O) groups excluding carboxylic acids is 1. The molecule has 3 N–H and O–H groups in total. The third-order valence-corrected chi connectivity index (χ3v) is 2.93. The SMILES string of the molecule is CC1CNC(C(=O)NC2CCOC2)CN1. The van der Waals surface area contributed by atoms with Gasteiger partial charge < -0.3 is 20.7 Å². The van der Waals surface area contributed by atoms with E-state index in [0.29, 0.717) is 19.2 Å². The predicted molar refractivity (Wildman–Crippen MR) is 56.6 cm³/mol. The topological polar surface area (TPSA) is 62.4 Å². The average molecular weight is 213 g/mol. The van der Waals surface area contributed by atoms with Crippen LogP contribution in [0.1, 0.15) is 13.3 Å². The summed E-state index contributed by atoms with van der Waals surface area (Å²) in [4.78, 5) is 11.8. The van der Waals surface area contributed by atoms with Crippen LogP contribution in [0.5, 0.6) is 0 Å². The van der Waals surface area contributed by atoms with E-state index in [1.165, 1.54) is 0 Å². The standard InChI is InChI=1S/C10H19N3O2/c1-7-4-12-9(5-11-7)10(14)13-8-2-3-15-6-8/h7-9,11-12H,2-6H2,1H3,(H,13,14). The Morgan fingerprint density at radius 3 is 2.87 bits per heavy atom. The van der Waals surface area contributed by atoms with E-state index in [1.54, 1.807) is 0 Å². The maximum absolute atomic E-state index is 11.8. The molecule has 0 radical (unpaired) electrons. The zero-order valence-corrected chi connectivity index (χ0v) is 9.08. The first-order valence-electron chi connectivity index (χ1n) is 5.60. The van der Waals surface area contributed by atoms with Gasteiger partial charge in [0.05, 0.1) is 18.7 Å². The van der Waals surface area contributed by atoms with Gasteiger partial charge in [0.15, 0.2) is 0 Å². The maximum atomic E-state index is 11.8. The van der Waals surface area contributed by atoms with Crippen molar-refractivity contribution in [2.24, 2.45) is 0 Å². The van der Waals surface area contributed by atoms with E-state index in [-0.39, 0.29) is 18.0 Å². The second-order valence-corrected chi connectivity index (χ2v) is 4.34. The van der Waals surface area contributed by atoms with Crippen molar-refractivity contribution in [3.8, 4) is 0 Å². The van der Waals surface area contributed by atoms with Crippen LogP contribution < -0.4 is 16.0 Å². The number of hydrogen-bond donors (Lipinski definition) is 3. The maximum Gasteiger partial charge on any atom is 0.238 e. The van der Waals surface area contributed by atoms with Crippen molar-refractivity contribution in [3.05, 3.63) is 0 Å². The number of nitrogens with one attached hydrogen (secondary N) is 3. The highest BCUT2D eigenvalue weighted by Crippen LogP contribution is 2.04. The van der Waals surface area contributed by atoms with Gasteiger partial charge in [-0.05, 0) is 13.3 Å². The van der Waals surface area contributed by atoms with E-state index in [9.17, 15) is 4.79 Å². The number of amides is 1. The number of piperazine rings is 1. The van der Waals surface area contributed by atoms with Gasteiger partial charge in [-0.15, -0.1) is 0 Å². The third-order valence-electron chi connectivity index (χ3n) is 2.93. The summed E-state index contributed by atoms with van der Waals surface area (Å²) >= 11 is 0. The fraction of sp³-hybridized carbons (Fsp3) is 0.900. The van der Waals surface area contributed by atoms with Gasteiger partial charge in [-0.1, -0.05) is 0 Å². The molecule has 2 aliphatic heterocycles.